The lowest BCUT2D eigenvalue weighted by Gasteiger charge is -2.36. The lowest BCUT2D eigenvalue weighted by molar-refractivity contribution is -0.921. The Balaban J connectivity index is -0.0000000601. The molecule has 0 spiro atoms. The largest absolute Gasteiger partial charge is 0.450 e. The first kappa shape index (κ1) is 151. The first-order chi connectivity index (χ1) is 48.9. The molecule has 0 aromatic rings. The topological polar surface area (TPSA) is 420 Å². The van der Waals surface area contributed by atoms with E-state index < -0.39 is 0 Å². The van der Waals surface area contributed by atoms with Crippen molar-refractivity contribution >= 4 is 114 Å². The number of nitrogens with zero attached hydrogens (tertiary/aromatic N) is 9. The minimum atomic E-state index is -0.351. The van der Waals surface area contributed by atoms with E-state index in [1.165, 1.54) is 39.5 Å². The van der Waals surface area contributed by atoms with Gasteiger partial charge in [-0.3, -0.25) is 58.3 Å². The summed E-state index contributed by atoms with van der Waals surface area (Å²) in [7, 11) is 16.2. The number of aliphatic hydroxyl groups is 9. The first-order valence-corrected chi connectivity index (χ1v) is 36.5. The van der Waals surface area contributed by atoms with Crippen LogP contribution in [0.1, 0.15) is 142 Å². The maximum absolute atomic E-state index is 11.0. The Morgan fingerprint density at radius 1 is 0.425 bits per heavy atom. The molecule has 690 valence electrons. The van der Waals surface area contributed by atoms with Crippen molar-refractivity contribution in [1.29, 1.82) is 0 Å². The number of aliphatic hydroxyl groups excluding tert-OH is 9. The van der Waals surface area contributed by atoms with Crippen LogP contribution in [-0.4, -0.2) is 433 Å². The van der Waals surface area contributed by atoms with Crippen molar-refractivity contribution < 1.29 is 122 Å². The average Bonchev–Trinajstić information content (AvgIpc) is 0.874. The highest BCUT2D eigenvalue weighted by Crippen LogP contribution is 2.06. The van der Waals surface area contributed by atoms with E-state index in [9.17, 15) is 52.7 Å². The van der Waals surface area contributed by atoms with Gasteiger partial charge in [-0.15, -0.1) is 49.6 Å². The molecule has 0 aromatic heterocycles. The normalized spacial score (nSPS) is 10.8. The van der Waals surface area contributed by atoms with E-state index in [1.54, 1.807) is 46.4 Å². The summed E-state index contributed by atoms with van der Waals surface area (Å²) in [5, 5.41) is 80.9. The Morgan fingerprint density at radius 2 is 0.796 bits per heavy atom. The van der Waals surface area contributed by atoms with E-state index in [1.807, 2.05) is 40.1 Å². The number of nitrogens with one attached hydrogen (secondary N) is 1. The molecule has 1 rings (SSSR count). The highest BCUT2D eigenvalue weighted by atomic mass is 35.5. The van der Waals surface area contributed by atoms with Crippen molar-refractivity contribution in [3.63, 3.8) is 0 Å². The van der Waals surface area contributed by atoms with Gasteiger partial charge in [-0.2, -0.15) is 0 Å². The van der Waals surface area contributed by atoms with Gasteiger partial charge < -0.3 is 120 Å². The van der Waals surface area contributed by atoms with Crippen LogP contribution in [0.4, 0.5) is 0 Å². The second-order valence-electron chi connectivity index (χ2n) is 27.2. The molecule has 1 aliphatic rings. The maximum atomic E-state index is 11.0. The lowest BCUT2D eigenvalue weighted by atomic mass is 10.2. The lowest BCUT2D eigenvalue weighted by Crippen LogP contribution is -2.55. The average molecular weight is 1730 g/mol. The maximum Gasteiger partial charge on any atom is 0.303 e. The second-order valence-corrected chi connectivity index (χ2v) is 27.2. The van der Waals surface area contributed by atoms with Gasteiger partial charge in [0.1, 0.15) is 93.0 Å². The Kier molecular flexibility index (Phi) is 139. The second kappa shape index (κ2) is 104. The van der Waals surface area contributed by atoms with Gasteiger partial charge in [0.15, 0.2) is 11.6 Å². The van der Waals surface area contributed by atoms with Crippen molar-refractivity contribution in [2.45, 2.75) is 142 Å². The number of esters is 1. The fourth-order valence-corrected chi connectivity index (χ4v) is 8.80. The number of hydrogen-bond donors (Lipinski definition) is 10. The number of likely N-dealkylation sites (N-methyl/N-ethyl adjacent to an activating group) is 1. The number of carbonyl (C=O) groups excluding carboxylic acids is 11. The summed E-state index contributed by atoms with van der Waals surface area (Å²) >= 11 is 0. The van der Waals surface area contributed by atoms with Crippen LogP contribution in [0.15, 0.2) is 0 Å². The number of Topliss-reactive ketones (excluding diaryl/α,β-unsaturated/α-hetero) is 9. The van der Waals surface area contributed by atoms with Crippen LogP contribution in [-0.2, 0) is 62.2 Å². The fourth-order valence-electron chi connectivity index (χ4n) is 8.80. The zero-order chi connectivity index (χ0) is 83.4. The monoisotopic (exact) mass is 1730 g/mol. The van der Waals surface area contributed by atoms with E-state index in [4.69, 9.17) is 50.7 Å². The van der Waals surface area contributed by atoms with Crippen molar-refractivity contribution in [2.75, 3.05) is 280 Å². The molecule has 0 radical (unpaired) electrons. The van der Waals surface area contributed by atoms with Gasteiger partial charge >= 0.3 is 5.97 Å². The Labute approximate surface area is 710 Å². The summed E-state index contributed by atoms with van der Waals surface area (Å²) in [6.45, 7) is 36.2. The minimum absolute atomic E-state index is 0. The number of quaternary nitrogens is 3. The standard InChI is InChI=1S/C9H20NO4.C8H18NO3.C8H18NO.C8H17NO.2C7H15NO3.C7H13NO2.C7H15NO.C6H11NO3.C6H13NO.CH4.3CH3.4ClH/c1-9(14)8-10(2-5-11,3-6-12)4-7-13;1-8(12)7-9(2,3-5-10)4-6-11;1-8(10)6-5-7-9(2,3)4;1-4-9(5-2)7-6-8(3)10;1-7(11)6-8(2-4-9)3-5-10;1-2-7(11)8(3-5-9)4-6-10;1-7(9)6-8-2-4-10-5-3-8;1-7(9)5-4-6-8(2)3;1-5(8)3-7-4-10-6(2)9;1-6(8)4-5-7(2)3;;;;;;;;/h11-13H,2-8H2,1H3;10-11H,3-7H2,1-2H3;5-7H2,1-4H3;4-7H2,1-3H3;2*9-10H,2-6H2,1H3;2-6H2,1H3;4-6H2,1-3H3;7H,3-4H2,1-2H3;4-5H2,1-3H3;1H4;3*1H3;4*1H/q3*+1;;;;;;;;;3*-1;;;;. The van der Waals surface area contributed by atoms with Crippen molar-refractivity contribution in [3.8, 4) is 0 Å². The van der Waals surface area contributed by atoms with Gasteiger partial charge in [-0.1, -0.05) is 28.2 Å². The molecule has 0 unspecified atom stereocenters. The van der Waals surface area contributed by atoms with Gasteiger partial charge in [0.2, 0.25) is 5.91 Å². The predicted molar refractivity (Wildman–Crippen MR) is 466 cm³/mol. The fraction of sp³-hybridized carbons (Fsp3) is 0.818. The quantitative estimate of drug-likeness (QED) is 0.0138. The van der Waals surface area contributed by atoms with Crippen molar-refractivity contribution in [3.05, 3.63) is 22.3 Å². The Bertz CT molecular complexity index is 2130. The summed E-state index contributed by atoms with van der Waals surface area (Å²) in [6.07, 6.45) is 5.24. The molecule has 32 nitrogen and oxygen atoms in total. The minimum Gasteiger partial charge on any atom is -0.450 e. The molecule has 10 N–H and O–H groups in total. The Hall–Kier alpha value is -3.63. The molecule has 1 aliphatic heterocycles. The number of hydrogen-bond acceptors (Lipinski definition) is 28. The smallest absolute Gasteiger partial charge is 0.303 e. The van der Waals surface area contributed by atoms with Crippen LogP contribution < -0.4 is 5.32 Å². The zero-order valence-corrected chi connectivity index (χ0v) is 77.2. The van der Waals surface area contributed by atoms with Gasteiger partial charge in [0.05, 0.1) is 127 Å². The van der Waals surface area contributed by atoms with Crippen LogP contribution in [0.3, 0.4) is 0 Å². The SMILES string of the molecule is C.CC(=O)CCCN(C)C.CC(=O)CCC[N+](C)(C)C.CC(=O)CCN(C)C.CC(=O)CN(CCO)CCO.CC(=O)CN1CCOCC1.CC(=O)CNCOC(C)=O.CC(=O)C[N+](C)(CCO)CCO.CC(=O)C[N+](CCO)(CCO)CCO.CCC(=O)N(CCO)CCO.CCN(CC)CCC(C)=O.Cl.Cl.Cl.Cl.[CH3-].[CH3-].[CH3-]. The van der Waals surface area contributed by atoms with Gasteiger partial charge in [0, 0.05) is 112 Å². The van der Waals surface area contributed by atoms with Crippen LogP contribution >= 0.6 is 49.6 Å². The molecular weight excluding hydrogens is 1560 g/mol. The van der Waals surface area contributed by atoms with Gasteiger partial charge in [-0.05, 0) is 103 Å². The van der Waals surface area contributed by atoms with Crippen LogP contribution in [0.2, 0.25) is 0 Å². The molecule has 36 heteroatoms. The van der Waals surface area contributed by atoms with Crippen molar-refractivity contribution in [1.82, 2.24) is 34.7 Å². The molecule has 0 bridgehead atoms. The van der Waals surface area contributed by atoms with Crippen LogP contribution in [0.25, 0.3) is 0 Å². The van der Waals surface area contributed by atoms with E-state index in [0.717, 1.165) is 95.7 Å². The molecule has 0 aromatic carbocycles. The van der Waals surface area contributed by atoms with Crippen LogP contribution in [0.5, 0.6) is 0 Å². The van der Waals surface area contributed by atoms with E-state index in [0.29, 0.717) is 108 Å². The number of morpholine rings is 1. The number of ketones is 9. The molecule has 1 amide bonds. The van der Waals surface area contributed by atoms with E-state index in [2.05, 4.69) is 59.7 Å². The summed E-state index contributed by atoms with van der Waals surface area (Å²) in [5.41, 5.74) is 0. The van der Waals surface area contributed by atoms with Crippen LogP contribution in [0, 0.1) is 22.3 Å². The summed E-state index contributed by atoms with van der Waals surface area (Å²) in [6, 6.07) is 0. The molecule has 1 fully saturated rings. The summed E-state index contributed by atoms with van der Waals surface area (Å²) in [5.74, 6) is 1.14. The molecule has 0 saturated carbocycles. The predicted octanol–water partition coefficient (Wildman–Crippen LogP) is 2.53. The third-order valence-electron chi connectivity index (χ3n) is 14.2. The first-order valence-electron chi connectivity index (χ1n) is 36.5. The van der Waals surface area contributed by atoms with Gasteiger partial charge in [0.25, 0.3) is 0 Å². The van der Waals surface area contributed by atoms with Crippen molar-refractivity contribution in [2.24, 2.45) is 0 Å². The van der Waals surface area contributed by atoms with E-state index in [-0.39, 0.29) is 221 Å². The number of halogens is 4. The molecule has 1 saturated heterocycles. The molecular formula is C77H172Cl4N10O22. The Morgan fingerprint density at radius 3 is 1.07 bits per heavy atom. The summed E-state index contributed by atoms with van der Waals surface area (Å²) < 4.78 is 11.3. The number of rotatable bonds is 47. The molecule has 1 heterocycles. The number of ether oxygens (including phenoxy) is 2. The highest BCUT2D eigenvalue weighted by molar-refractivity contribution is 5.86. The van der Waals surface area contributed by atoms with E-state index >= 15 is 0 Å². The summed E-state index contributed by atoms with van der Waals surface area (Å²) in [4.78, 5) is 128. The highest BCUT2D eigenvalue weighted by Gasteiger charge is 2.28. The number of amides is 1. The molecule has 0 atom stereocenters. The van der Waals surface area contributed by atoms with Gasteiger partial charge in [-0.25, -0.2) is 0 Å². The molecule has 0 aliphatic carbocycles. The number of carbonyl (C=O) groups is 11. The zero-order valence-electron chi connectivity index (χ0n) is 74.0. The third-order valence-corrected chi connectivity index (χ3v) is 14.2. The third kappa shape index (κ3) is 138. The molecule has 113 heavy (non-hydrogen) atoms.